The van der Waals surface area contributed by atoms with Gasteiger partial charge in [-0.25, -0.2) is 4.98 Å². The van der Waals surface area contributed by atoms with Crippen LogP contribution in [0.1, 0.15) is 47.6 Å². The number of hydrogen-bond acceptors (Lipinski definition) is 11. The van der Waals surface area contributed by atoms with Crippen LogP contribution < -0.4 is 24.8 Å². The van der Waals surface area contributed by atoms with E-state index in [1.54, 1.807) is 14.2 Å². The van der Waals surface area contributed by atoms with E-state index >= 15 is 0 Å². The summed E-state index contributed by atoms with van der Waals surface area (Å²) in [5.41, 5.74) is 7.26. The molecule has 5 fully saturated rings. The van der Waals surface area contributed by atoms with E-state index in [0.717, 1.165) is 77.8 Å². The highest BCUT2D eigenvalue weighted by Gasteiger charge is 2.96. The highest BCUT2D eigenvalue weighted by atomic mass is 35.5. The summed E-state index contributed by atoms with van der Waals surface area (Å²) in [6.07, 6.45) is 2.59. The van der Waals surface area contributed by atoms with E-state index in [1.807, 2.05) is 42.5 Å². The number of halogens is 2. The van der Waals surface area contributed by atoms with Crippen LogP contribution in [0.5, 0.6) is 17.6 Å². The van der Waals surface area contributed by atoms with Gasteiger partial charge in [0.1, 0.15) is 17.4 Å². The maximum atomic E-state index is 12.4. The topological polar surface area (TPSA) is 127 Å². The van der Waals surface area contributed by atoms with Crippen molar-refractivity contribution >= 4 is 29.2 Å². The zero-order valence-electron chi connectivity index (χ0n) is 30.4. The molecule has 0 spiro atoms. The zero-order valence-corrected chi connectivity index (χ0v) is 31.9. The van der Waals surface area contributed by atoms with Crippen LogP contribution in [0, 0.1) is 17.3 Å². The highest BCUT2D eigenvalue weighted by Crippen LogP contribution is 2.86. The summed E-state index contributed by atoms with van der Waals surface area (Å²) in [6.45, 7) is 2.79. The molecule has 0 radical (unpaired) electrons. The predicted molar refractivity (Wildman–Crippen MR) is 204 cm³/mol. The van der Waals surface area contributed by atoms with E-state index in [4.69, 9.17) is 52.1 Å². The van der Waals surface area contributed by atoms with Gasteiger partial charge < -0.3 is 29.4 Å². The van der Waals surface area contributed by atoms with Gasteiger partial charge in [-0.3, -0.25) is 15.0 Å². The second-order valence-electron chi connectivity index (χ2n) is 15.0. The number of carbonyl (C=O) groups is 1. The molecule has 7 atom stereocenters. The number of aliphatic hydroxyl groups excluding tert-OH is 1. The minimum atomic E-state index is -0.424. The lowest BCUT2D eigenvalue weighted by Gasteiger charge is -2.20. The average Bonchev–Trinajstić information content (AvgIpc) is 3.59. The number of piperidine rings is 1. The van der Waals surface area contributed by atoms with Crippen molar-refractivity contribution in [2.75, 3.05) is 34.4 Å². The number of benzene rings is 2. The summed E-state index contributed by atoms with van der Waals surface area (Å²) in [4.78, 5) is 24.3. The minimum Gasteiger partial charge on any atom is -0.481 e. The first-order valence-electron chi connectivity index (χ1n) is 18.6. The smallest absolute Gasteiger partial charge is 0.314 e. The first-order chi connectivity index (χ1) is 26.3. The number of hydrogen-bond donors (Lipinski definition) is 3. The van der Waals surface area contributed by atoms with E-state index in [-0.39, 0.29) is 29.6 Å². The molecule has 2 aromatic heterocycles. The maximum absolute atomic E-state index is 12.4. The van der Waals surface area contributed by atoms with E-state index in [0.29, 0.717) is 52.6 Å². The van der Waals surface area contributed by atoms with E-state index in [9.17, 15) is 9.90 Å². The molecule has 0 amide bonds. The third-order valence-corrected chi connectivity index (χ3v) is 12.9. The Morgan fingerprint density at radius 3 is 2.50 bits per heavy atom. The number of nitrogens with one attached hydrogen (secondary N) is 2. The Hall–Kier alpha value is -3.97. The molecule has 3 aliphatic heterocycles. The first-order valence-corrected chi connectivity index (χ1v) is 19.3. The van der Waals surface area contributed by atoms with Crippen LogP contribution in [0.25, 0.3) is 22.4 Å². The molecule has 2 aromatic carbocycles. The molecule has 3 aliphatic carbocycles. The summed E-state index contributed by atoms with van der Waals surface area (Å²) in [6, 6.07) is 18.6. The Labute approximate surface area is 324 Å². The molecule has 2 saturated carbocycles. The van der Waals surface area contributed by atoms with E-state index in [2.05, 4.69) is 27.7 Å². The van der Waals surface area contributed by atoms with Crippen LogP contribution in [-0.2, 0) is 29.0 Å². The fraction of sp³-hybridized carbons (Fsp3) is 0.439. The maximum Gasteiger partial charge on any atom is 0.314 e. The number of rotatable bonds is 13. The van der Waals surface area contributed by atoms with Gasteiger partial charge in [0.2, 0.25) is 17.6 Å². The number of esters is 1. The van der Waals surface area contributed by atoms with Gasteiger partial charge in [0, 0.05) is 60.5 Å². The predicted octanol–water partition coefficient (Wildman–Crippen LogP) is 5.96. The Balaban J connectivity index is 0.913. The van der Waals surface area contributed by atoms with Crippen molar-refractivity contribution in [2.24, 2.45) is 17.3 Å². The average molecular weight is 773 g/mol. The molecule has 13 heteroatoms. The third kappa shape index (κ3) is 5.83. The van der Waals surface area contributed by atoms with Crippen LogP contribution in [0.2, 0.25) is 10.0 Å². The van der Waals surface area contributed by atoms with E-state index < -0.39 is 6.23 Å². The molecule has 282 valence electrons. The van der Waals surface area contributed by atoms with Crippen LogP contribution in [-0.4, -0.2) is 78.7 Å². The van der Waals surface area contributed by atoms with Gasteiger partial charge >= 0.3 is 5.97 Å². The SMILES string of the molecule is COC(=O)[C@]12C3[C@@H]1[C@@H]2CN3Cc1cc(Cl)c(O[C@H]2CCc3c(-c4cccc(-c5ccc(CNC[C@@H]6CCC(O)N6)c(OC)n5)c4Cl)cccc32)nc1OC. The number of nitrogens with zero attached hydrogens (tertiary/aromatic N) is 3. The molecular weight excluding hydrogens is 729 g/mol. The molecule has 3 N–H and O–H groups in total. The molecule has 4 aromatic rings. The van der Waals surface area contributed by atoms with Gasteiger partial charge in [-0.05, 0) is 66.3 Å². The fourth-order valence-electron chi connectivity index (χ4n) is 9.58. The summed E-state index contributed by atoms with van der Waals surface area (Å²) < 4.78 is 23.1. The lowest BCUT2D eigenvalue weighted by molar-refractivity contribution is -0.145. The van der Waals surface area contributed by atoms with Crippen molar-refractivity contribution in [2.45, 2.75) is 63.2 Å². The number of methoxy groups -OCH3 is 3. The van der Waals surface area contributed by atoms with Gasteiger partial charge in [-0.2, -0.15) is 4.98 Å². The third-order valence-electron chi connectivity index (χ3n) is 12.2. The van der Waals surface area contributed by atoms with Crippen LogP contribution in [0.15, 0.2) is 54.6 Å². The number of aromatic nitrogens is 2. The van der Waals surface area contributed by atoms with Gasteiger partial charge in [0.05, 0.1) is 37.5 Å². The van der Waals surface area contributed by atoms with Gasteiger partial charge in [-0.15, -0.1) is 0 Å². The molecule has 10 rings (SSSR count). The van der Waals surface area contributed by atoms with Gasteiger partial charge in [0.15, 0.2) is 0 Å². The second kappa shape index (κ2) is 14.0. The zero-order chi connectivity index (χ0) is 37.3. The number of pyridine rings is 2. The Morgan fingerprint density at radius 1 is 0.963 bits per heavy atom. The van der Waals surface area contributed by atoms with Gasteiger partial charge in [0.25, 0.3) is 0 Å². The summed E-state index contributed by atoms with van der Waals surface area (Å²) in [5.74, 6) is 2.05. The molecule has 5 heterocycles. The van der Waals surface area contributed by atoms with Crippen LogP contribution >= 0.6 is 23.2 Å². The number of ether oxygens (including phenoxy) is 4. The van der Waals surface area contributed by atoms with Gasteiger partial charge in [-0.1, -0.05) is 65.7 Å². The normalized spacial score (nSPS) is 27.4. The van der Waals surface area contributed by atoms with Crippen molar-refractivity contribution in [3.05, 3.63) is 86.9 Å². The lowest BCUT2D eigenvalue weighted by Crippen LogP contribution is -2.37. The largest absolute Gasteiger partial charge is 0.481 e. The van der Waals surface area contributed by atoms with E-state index in [1.165, 1.54) is 12.7 Å². The fourth-order valence-corrected chi connectivity index (χ4v) is 10.1. The molecule has 2 unspecified atom stereocenters. The Morgan fingerprint density at radius 2 is 1.74 bits per heavy atom. The monoisotopic (exact) mass is 771 g/mol. The van der Waals surface area contributed by atoms with Crippen molar-refractivity contribution in [1.82, 2.24) is 25.5 Å². The summed E-state index contributed by atoms with van der Waals surface area (Å²) in [5, 5.41) is 17.4. The number of aliphatic hydroxyl groups is 1. The Kier molecular flexibility index (Phi) is 9.23. The van der Waals surface area contributed by atoms with Crippen molar-refractivity contribution in [3.63, 3.8) is 0 Å². The summed E-state index contributed by atoms with van der Waals surface area (Å²) >= 11 is 14.0. The minimum absolute atomic E-state index is 0.0881. The van der Waals surface area contributed by atoms with Crippen molar-refractivity contribution in [3.8, 4) is 40.0 Å². The van der Waals surface area contributed by atoms with Crippen LogP contribution in [0.3, 0.4) is 0 Å². The molecule has 3 saturated heterocycles. The van der Waals surface area contributed by atoms with Crippen molar-refractivity contribution in [1.29, 1.82) is 0 Å². The quantitative estimate of drug-likeness (QED) is 0.139. The molecule has 6 aliphatic rings. The molecule has 11 nitrogen and oxygen atoms in total. The first kappa shape index (κ1) is 35.7. The number of carbonyl (C=O) groups excluding carboxylic acids is 1. The standard InChI is InChI=1S/C41H43Cl2N5O6/c1-51-37-21(17-44-18-23-11-15-33(49)45-23)10-13-31(46-37)28-9-5-8-27(35(28)43)24-6-4-7-26-25(24)12-14-32(26)54-39-30(42)16-22(38(47-39)52-2)19-48-20-29-34-36(48)41(29,34)40(50)53-3/h4-10,13,16,23,29,32-34,36,44-45,49H,11-12,14-15,17-20H2,1-3H3/t23-,29-,32-,33?,34-,36?,41-/m0/s1. The lowest BCUT2D eigenvalue weighted by atomic mass is 9.94. The Bertz CT molecular complexity index is 2130. The summed E-state index contributed by atoms with van der Waals surface area (Å²) in [7, 11) is 4.70. The molecule has 2 bridgehead atoms. The number of fused-ring (bicyclic) bond motifs is 2. The molecule has 54 heavy (non-hydrogen) atoms. The second-order valence-corrected chi connectivity index (χ2v) is 15.8. The molecular formula is C41H43Cl2N5O6. The van der Waals surface area contributed by atoms with Crippen LogP contribution in [0.4, 0.5) is 0 Å². The van der Waals surface area contributed by atoms with Crippen molar-refractivity contribution < 1.29 is 28.8 Å². The highest BCUT2D eigenvalue weighted by molar-refractivity contribution is 6.36.